The summed E-state index contributed by atoms with van der Waals surface area (Å²) in [4.78, 5) is 41.6. The average Bonchev–Trinajstić information content (AvgIpc) is 3.43. The van der Waals surface area contributed by atoms with Crippen LogP contribution in [0.1, 0.15) is 23.9 Å². The number of carbonyl (C=O) groups is 2. The molecule has 1 aromatic heterocycles. The lowest BCUT2D eigenvalue weighted by atomic mass is 10.0. The van der Waals surface area contributed by atoms with Crippen molar-refractivity contribution in [2.75, 3.05) is 18.6 Å². The molecule has 3 aromatic rings. The van der Waals surface area contributed by atoms with Gasteiger partial charge in [0.2, 0.25) is 17.6 Å². The highest BCUT2D eigenvalue weighted by Gasteiger charge is 2.37. The van der Waals surface area contributed by atoms with E-state index in [0.717, 1.165) is 17.7 Å². The van der Waals surface area contributed by atoms with Crippen molar-refractivity contribution in [3.63, 3.8) is 0 Å². The molecule has 2 atom stereocenters. The normalized spacial score (nSPS) is 16.4. The van der Waals surface area contributed by atoms with Gasteiger partial charge in [-0.15, -0.1) is 0 Å². The number of aryl methyl sites for hydroxylation is 1. The second kappa shape index (κ2) is 9.30. The first-order valence-corrected chi connectivity index (χ1v) is 10.4. The minimum atomic E-state index is -0.993. The van der Waals surface area contributed by atoms with Crippen molar-refractivity contribution in [2.45, 2.75) is 12.5 Å². The van der Waals surface area contributed by atoms with Crippen molar-refractivity contribution in [1.82, 2.24) is 14.9 Å². The number of rotatable bonds is 7. The molecular formula is C23H22FN5O5. The van der Waals surface area contributed by atoms with E-state index < -0.39 is 28.4 Å². The van der Waals surface area contributed by atoms with Crippen molar-refractivity contribution in [2.24, 2.45) is 13.0 Å². The molecule has 0 radical (unpaired) electrons. The highest BCUT2D eigenvalue weighted by atomic mass is 19.1. The summed E-state index contributed by atoms with van der Waals surface area (Å²) in [5.41, 5.74) is 0.218. The summed E-state index contributed by atoms with van der Waals surface area (Å²) >= 11 is 0. The van der Waals surface area contributed by atoms with Gasteiger partial charge < -0.3 is 19.5 Å². The molecule has 1 aliphatic rings. The number of anilines is 1. The van der Waals surface area contributed by atoms with Crippen LogP contribution in [-0.2, 0) is 16.6 Å². The Morgan fingerprint density at radius 1 is 1.29 bits per heavy atom. The van der Waals surface area contributed by atoms with Crippen LogP contribution in [0, 0.1) is 21.8 Å². The molecule has 2 heterocycles. The Hall–Kier alpha value is -4.28. The molecule has 2 unspecified atom stereocenters. The van der Waals surface area contributed by atoms with Gasteiger partial charge in [-0.3, -0.25) is 19.7 Å². The molecule has 4 rings (SSSR count). The summed E-state index contributed by atoms with van der Waals surface area (Å²) in [5, 5.41) is 14.0. The van der Waals surface area contributed by atoms with Gasteiger partial charge in [-0.2, -0.15) is 4.39 Å². The maximum Gasteiger partial charge on any atom is 0.306 e. The van der Waals surface area contributed by atoms with Crippen LogP contribution < -0.4 is 15.0 Å². The standard InChI is InChI=1S/C23H22FN5O5/c1-27-10-9-25-22(27)21(14-3-6-17(34-2)7-4-14)26-23(31)15-11-20(30)28(13-15)16-5-8-18(24)19(12-16)29(32)33/h3-10,12,15,21H,11,13H2,1-2H3,(H,26,31). The van der Waals surface area contributed by atoms with Crippen LogP contribution >= 0.6 is 0 Å². The molecule has 2 amide bonds. The number of benzene rings is 2. The molecule has 10 nitrogen and oxygen atoms in total. The monoisotopic (exact) mass is 467 g/mol. The molecule has 34 heavy (non-hydrogen) atoms. The third-order valence-electron chi connectivity index (χ3n) is 5.79. The lowest BCUT2D eigenvalue weighted by Gasteiger charge is -2.22. The summed E-state index contributed by atoms with van der Waals surface area (Å²) in [7, 11) is 3.37. The molecule has 0 bridgehead atoms. The zero-order chi connectivity index (χ0) is 24.4. The minimum absolute atomic E-state index is 0.0172. The van der Waals surface area contributed by atoms with Crippen LogP contribution in [0.2, 0.25) is 0 Å². The van der Waals surface area contributed by atoms with E-state index in [1.54, 1.807) is 36.2 Å². The van der Waals surface area contributed by atoms with Gasteiger partial charge in [-0.25, -0.2) is 4.98 Å². The lowest BCUT2D eigenvalue weighted by molar-refractivity contribution is -0.387. The predicted molar refractivity (Wildman–Crippen MR) is 120 cm³/mol. The van der Waals surface area contributed by atoms with Gasteiger partial charge in [-0.05, 0) is 29.8 Å². The fraction of sp³-hybridized carbons (Fsp3) is 0.261. The van der Waals surface area contributed by atoms with Gasteiger partial charge in [-0.1, -0.05) is 12.1 Å². The molecule has 1 aliphatic heterocycles. The molecule has 1 N–H and O–H groups in total. The average molecular weight is 467 g/mol. The van der Waals surface area contributed by atoms with E-state index in [9.17, 15) is 24.1 Å². The predicted octanol–water partition coefficient (Wildman–Crippen LogP) is 2.73. The number of aromatic nitrogens is 2. The van der Waals surface area contributed by atoms with Crippen LogP contribution in [0.25, 0.3) is 0 Å². The maximum atomic E-state index is 13.7. The number of nitro benzene ring substituents is 1. The third kappa shape index (κ3) is 4.45. The van der Waals surface area contributed by atoms with Crippen molar-refractivity contribution in [3.8, 4) is 5.75 Å². The molecule has 2 aromatic carbocycles. The summed E-state index contributed by atoms with van der Waals surface area (Å²) in [6.07, 6.45) is 3.31. The Bertz CT molecular complexity index is 1240. The zero-order valence-electron chi connectivity index (χ0n) is 18.5. The molecule has 0 aliphatic carbocycles. The van der Waals surface area contributed by atoms with Crippen LogP contribution in [-0.4, -0.2) is 39.9 Å². The van der Waals surface area contributed by atoms with Gasteiger partial charge in [0.15, 0.2) is 0 Å². The highest BCUT2D eigenvalue weighted by Crippen LogP contribution is 2.31. The van der Waals surface area contributed by atoms with E-state index in [2.05, 4.69) is 10.3 Å². The first-order valence-electron chi connectivity index (χ1n) is 10.4. The Morgan fingerprint density at radius 2 is 2.03 bits per heavy atom. The molecule has 176 valence electrons. The summed E-state index contributed by atoms with van der Waals surface area (Å²) in [5.74, 6) is -1.16. The number of hydrogen-bond acceptors (Lipinski definition) is 6. The molecule has 0 saturated carbocycles. The number of carbonyl (C=O) groups excluding carboxylic acids is 2. The highest BCUT2D eigenvalue weighted by molar-refractivity contribution is 6.00. The Labute approximate surface area is 194 Å². The van der Waals surface area contributed by atoms with E-state index in [1.165, 1.54) is 11.0 Å². The van der Waals surface area contributed by atoms with Crippen molar-refractivity contribution < 1.29 is 23.6 Å². The maximum absolute atomic E-state index is 13.7. The number of ether oxygens (including phenoxy) is 1. The first-order chi connectivity index (χ1) is 16.3. The number of methoxy groups -OCH3 is 1. The largest absolute Gasteiger partial charge is 0.497 e. The summed E-state index contributed by atoms with van der Waals surface area (Å²) in [6, 6.07) is 9.85. The minimum Gasteiger partial charge on any atom is -0.497 e. The molecule has 1 fully saturated rings. The van der Waals surface area contributed by atoms with Crippen molar-refractivity contribution >= 4 is 23.2 Å². The molecule has 11 heteroatoms. The summed E-state index contributed by atoms with van der Waals surface area (Å²) in [6.45, 7) is 0.0172. The zero-order valence-corrected chi connectivity index (χ0v) is 18.5. The molecule has 1 saturated heterocycles. The summed E-state index contributed by atoms with van der Waals surface area (Å²) < 4.78 is 20.7. The van der Waals surface area contributed by atoms with E-state index >= 15 is 0 Å². The van der Waals surface area contributed by atoms with Crippen LogP contribution in [0.5, 0.6) is 5.75 Å². The number of nitrogens with one attached hydrogen (secondary N) is 1. The van der Waals surface area contributed by atoms with Crippen LogP contribution in [0.3, 0.4) is 0 Å². The Balaban J connectivity index is 1.55. The smallest absolute Gasteiger partial charge is 0.306 e. The Kier molecular flexibility index (Phi) is 6.26. The number of imidazole rings is 1. The topological polar surface area (TPSA) is 120 Å². The number of nitro groups is 1. The van der Waals surface area contributed by atoms with Gasteiger partial charge >= 0.3 is 5.69 Å². The van der Waals surface area contributed by atoms with Crippen molar-refractivity contribution in [1.29, 1.82) is 0 Å². The second-order valence-corrected chi connectivity index (χ2v) is 7.91. The number of hydrogen-bond donors (Lipinski definition) is 1. The molecule has 0 spiro atoms. The number of amides is 2. The van der Waals surface area contributed by atoms with Crippen LogP contribution in [0.15, 0.2) is 54.9 Å². The van der Waals surface area contributed by atoms with Gasteiger partial charge in [0.1, 0.15) is 17.6 Å². The van der Waals surface area contributed by atoms with E-state index in [1.807, 2.05) is 19.2 Å². The van der Waals surface area contributed by atoms with Gasteiger partial charge in [0, 0.05) is 38.5 Å². The van der Waals surface area contributed by atoms with Gasteiger partial charge in [0.05, 0.1) is 23.6 Å². The van der Waals surface area contributed by atoms with Crippen LogP contribution in [0.4, 0.5) is 15.8 Å². The first kappa shape index (κ1) is 22.9. The Morgan fingerprint density at radius 3 is 2.65 bits per heavy atom. The fourth-order valence-electron chi connectivity index (χ4n) is 3.95. The number of nitrogens with zero attached hydrogens (tertiary/aromatic N) is 4. The van der Waals surface area contributed by atoms with E-state index in [4.69, 9.17) is 4.74 Å². The van der Waals surface area contributed by atoms with Crippen molar-refractivity contribution in [3.05, 3.63) is 82.2 Å². The van der Waals surface area contributed by atoms with E-state index in [-0.39, 0.29) is 30.5 Å². The van der Waals surface area contributed by atoms with Gasteiger partial charge in [0.25, 0.3) is 0 Å². The third-order valence-corrected chi connectivity index (χ3v) is 5.79. The lowest BCUT2D eigenvalue weighted by Crippen LogP contribution is -2.37. The fourth-order valence-corrected chi connectivity index (χ4v) is 3.95. The quantitative estimate of drug-likeness (QED) is 0.422. The SMILES string of the molecule is COc1ccc(C(NC(=O)C2CC(=O)N(c3ccc(F)c([N+](=O)[O-])c3)C2)c2nccn2C)cc1. The molecular weight excluding hydrogens is 445 g/mol. The number of halogens is 1. The second-order valence-electron chi connectivity index (χ2n) is 7.91. The van der Waals surface area contributed by atoms with E-state index in [0.29, 0.717) is 11.6 Å².